The molecule has 0 fully saturated rings. The number of benzene rings is 4. The molecule has 0 aliphatic carbocycles. The molecule has 57 heavy (non-hydrogen) atoms. The predicted octanol–water partition coefficient (Wildman–Crippen LogP) is 9.87. The number of halogens is 6. The summed E-state index contributed by atoms with van der Waals surface area (Å²) in [6.45, 7) is 0.392. The van der Waals surface area contributed by atoms with Crippen molar-refractivity contribution in [3.8, 4) is 11.5 Å². The molecule has 6 aromatic rings. The van der Waals surface area contributed by atoms with Crippen molar-refractivity contribution in [2.45, 2.75) is 37.2 Å². The van der Waals surface area contributed by atoms with E-state index in [9.17, 15) is 35.9 Å². The molecule has 0 saturated heterocycles. The van der Waals surface area contributed by atoms with Crippen LogP contribution in [-0.4, -0.2) is 70.5 Å². The van der Waals surface area contributed by atoms with Crippen LogP contribution in [0.5, 0.6) is 11.5 Å². The summed E-state index contributed by atoms with van der Waals surface area (Å²) in [7, 11) is 6.16. The van der Waals surface area contributed by atoms with E-state index in [1.807, 2.05) is 55.6 Å². The molecule has 304 valence electrons. The molecule has 2 aromatic heterocycles. The van der Waals surface area contributed by atoms with Crippen molar-refractivity contribution in [3.63, 3.8) is 0 Å². The number of alkyl halides is 6. The van der Waals surface area contributed by atoms with Gasteiger partial charge in [-0.15, -0.1) is 0 Å². The van der Waals surface area contributed by atoms with E-state index in [1.165, 1.54) is 29.8 Å². The third-order valence-corrected chi connectivity index (χ3v) is 8.60. The molecule has 4 aromatic carbocycles. The highest BCUT2D eigenvalue weighted by Crippen LogP contribution is 2.34. The fourth-order valence-electron chi connectivity index (χ4n) is 5.65. The molecular weight excluding hydrogens is 758 g/mol. The topological polar surface area (TPSA) is 103 Å². The zero-order valence-electron chi connectivity index (χ0n) is 31.5. The fourth-order valence-corrected chi connectivity index (χ4v) is 5.65. The second-order valence-electron chi connectivity index (χ2n) is 12.5. The Morgan fingerprint density at radius 1 is 0.719 bits per heavy atom. The van der Waals surface area contributed by atoms with Crippen molar-refractivity contribution in [1.29, 1.82) is 0 Å². The van der Waals surface area contributed by atoms with E-state index >= 15 is 0 Å². The molecule has 0 radical (unpaired) electrons. The molecule has 1 N–H and O–H groups in total. The minimum atomic E-state index is -5.24. The number of nitrogens with one attached hydrogen (secondary N) is 1. The number of esters is 1. The smallest absolute Gasteiger partial charge is 0.490 e. The van der Waals surface area contributed by atoms with Crippen LogP contribution in [0.1, 0.15) is 41.8 Å². The molecule has 2 unspecified atom stereocenters. The predicted molar refractivity (Wildman–Crippen MR) is 202 cm³/mol. The summed E-state index contributed by atoms with van der Waals surface area (Å²) in [5.41, 5.74) is 3.25. The zero-order valence-corrected chi connectivity index (χ0v) is 31.5. The minimum absolute atomic E-state index is 0.169. The second kappa shape index (κ2) is 20.3. The molecule has 0 aliphatic heterocycles. The van der Waals surface area contributed by atoms with Crippen LogP contribution in [0.3, 0.4) is 0 Å². The lowest BCUT2D eigenvalue weighted by atomic mass is 9.93. The van der Waals surface area contributed by atoms with E-state index < -0.39 is 43.3 Å². The number of methoxy groups -OCH3 is 2. The SMILES string of the molecule is CN(CCC(OC(=O)C(F)(F)F)c1ccccc1)C(=O)C(F)(F)F.CNCCC(c1ccccc1)c1cc2cc(OC)ccc2o1.COc1ccc2occc2c1. The molecule has 0 aliphatic rings. The first-order chi connectivity index (χ1) is 27.1. The van der Waals surface area contributed by atoms with Crippen LogP contribution >= 0.6 is 0 Å². The van der Waals surface area contributed by atoms with E-state index in [2.05, 4.69) is 40.4 Å². The van der Waals surface area contributed by atoms with E-state index in [0.717, 1.165) is 59.2 Å². The maximum Gasteiger partial charge on any atom is 0.490 e. The molecule has 0 spiro atoms. The van der Waals surface area contributed by atoms with Gasteiger partial charge in [-0.25, -0.2) is 4.79 Å². The third kappa shape index (κ3) is 12.8. The molecular formula is C42H42F6N2O7. The Labute approximate surface area is 325 Å². The normalized spacial score (nSPS) is 12.4. The van der Waals surface area contributed by atoms with E-state index in [0.29, 0.717) is 4.90 Å². The van der Waals surface area contributed by atoms with E-state index in [-0.39, 0.29) is 11.5 Å². The summed E-state index contributed by atoms with van der Waals surface area (Å²) in [5, 5.41) is 5.38. The molecule has 9 nitrogen and oxygen atoms in total. The number of furan rings is 2. The van der Waals surface area contributed by atoms with Gasteiger partial charge in [-0.1, -0.05) is 60.7 Å². The van der Waals surface area contributed by atoms with Crippen LogP contribution < -0.4 is 14.8 Å². The van der Waals surface area contributed by atoms with Gasteiger partial charge in [0.15, 0.2) is 0 Å². The Morgan fingerprint density at radius 3 is 1.86 bits per heavy atom. The van der Waals surface area contributed by atoms with Crippen LogP contribution in [0.2, 0.25) is 0 Å². The lowest BCUT2D eigenvalue weighted by molar-refractivity contribution is -0.206. The lowest BCUT2D eigenvalue weighted by Crippen LogP contribution is -2.39. The molecule has 6 rings (SSSR count). The van der Waals surface area contributed by atoms with Gasteiger partial charge in [0.2, 0.25) is 0 Å². The summed E-state index contributed by atoms with van der Waals surface area (Å²) in [6.07, 6.45) is -9.53. The highest BCUT2D eigenvalue weighted by Gasteiger charge is 2.43. The molecule has 1 amide bonds. The second-order valence-corrected chi connectivity index (χ2v) is 12.5. The first-order valence-corrected chi connectivity index (χ1v) is 17.6. The monoisotopic (exact) mass is 800 g/mol. The van der Waals surface area contributed by atoms with Crippen molar-refractivity contribution in [3.05, 3.63) is 132 Å². The van der Waals surface area contributed by atoms with E-state index in [1.54, 1.807) is 26.5 Å². The van der Waals surface area contributed by atoms with Crippen LogP contribution in [0.15, 0.2) is 124 Å². The Hall–Kier alpha value is -5.96. The van der Waals surface area contributed by atoms with Crippen molar-refractivity contribution in [2.75, 3.05) is 41.4 Å². The van der Waals surface area contributed by atoms with Crippen molar-refractivity contribution in [1.82, 2.24) is 10.2 Å². The number of hydrogen-bond donors (Lipinski definition) is 1. The van der Waals surface area contributed by atoms with Crippen molar-refractivity contribution < 1.29 is 59.0 Å². The number of fused-ring (bicyclic) bond motifs is 2. The van der Waals surface area contributed by atoms with Crippen molar-refractivity contribution >= 4 is 33.8 Å². The van der Waals surface area contributed by atoms with Crippen LogP contribution in [-0.2, 0) is 14.3 Å². The van der Waals surface area contributed by atoms with Gasteiger partial charge in [0.1, 0.15) is 34.5 Å². The number of carbonyl (C=O) groups is 2. The third-order valence-electron chi connectivity index (χ3n) is 8.60. The van der Waals surface area contributed by atoms with Gasteiger partial charge in [-0.3, -0.25) is 4.79 Å². The molecule has 0 saturated carbocycles. The number of amides is 1. The van der Waals surface area contributed by atoms with E-state index in [4.69, 9.17) is 18.3 Å². The van der Waals surface area contributed by atoms with Gasteiger partial charge in [0.05, 0.1) is 20.5 Å². The lowest BCUT2D eigenvalue weighted by Gasteiger charge is -2.23. The Kier molecular flexibility index (Phi) is 15.6. The van der Waals surface area contributed by atoms with Crippen molar-refractivity contribution in [2.24, 2.45) is 0 Å². The maximum absolute atomic E-state index is 12.3. The van der Waals surface area contributed by atoms with Crippen LogP contribution in [0, 0.1) is 0 Å². The maximum atomic E-state index is 12.3. The number of hydrogen-bond acceptors (Lipinski definition) is 8. The van der Waals surface area contributed by atoms with Gasteiger partial charge in [-0.05, 0) is 79.7 Å². The largest absolute Gasteiger partial charge is 0.497 e. The number of rotatable bonds is 12. The van der Waals surface area contributed by atoms with Gasteiger partial charge in [0, 0.05) is 36.7 Å². The van der Waals surface area contributed by atoms with Crippen LogP contribution in [0.25, 0.3) is 21.9 Å². The zero-order chi connectivity index (χ0) is 41.6. The quantitative estimate of drug-likeness (QED) is 0.0965. The van der Waals surface area contributed by atoms with Gasteiger partial charge >= 0.3 is 24.2 Å². The average Bonchev–Trinajstić information content (AvgIpc) is 3.86. The standard InChI is InChI=1S/C19H21NO2.C14H13F6NO3.C9H8O2/c1-20-11-10-17(14-6-4-3-5-7-14)19-13-15-12-16(21-2)8-9-18(15)22-19;1-21(11(22)13(15,16)17)8-7-10(9-5-3-2-4-6-9)24-12(23)14(18,19)20;1-10-8-2-3-9-7(6-8)4-5-11-9/h3-9,12-13,17,20H,10-11H2,1-2H3;2-6,10H,7-8H2,1H3;2-6H,1H3. The molecule has 2 heterocycles. The first-order valence-electron chi connectivity index (χ1n) is 17.6. The molecule has 2 atom stereocenters. The van der Waals surface area contributed by atoms with Gasteiger partial charge < -0.3 is 33.3 Å². The minimum Gasteiger partial charge on any atom is -0.497 e. The number of ether oxygens (including phenoxy) is 3. The molecule has 0 bridgehead atoms. The summed E-state index contributed by atoms with van der Waals surface area (Å²) >= 11 is 0. The molecule has 15 heteroatoms. The summed E-state index contributed by atoms with van der Waals surface area (Å²) < 4.78 is 99.8. The fraction of sp³-hybridized carbons (Fsp3) is 0.286. The Balaban J connectivity index is 0.000000201. The van der Waals surface area contributed by atoms with Gasteiger partial charge in [-0.2, -0.15) is 26.3 Å². The number of nitrogens with zero attached hydrogens (tertiary/aromatic N) is 1. The Bertz CT molecular complexity index is 2150. The highest BCUT2D eigenvalue weighted by atomic mass is 19.4. The summed E-state index contributed by atoms with van der Waals surface area (Å²) in [6, 6.07) is 33.4. The highest BCUT2D eigenvalue weighted by molar-refractivity contribution is 5.82. The Morgan fingerprint density at radius 2 is 1.30 bits per heavy atom. The first kappa shape index (κ1) is 43.8. The summed E-state index contributed by atoms with van der Waals surface area (Å²) in [5.74, 6) is -1.63. The average molecular weight is 801 g/mol. The van der Waals surface area contributed by atoms with Crippen LogP contribution in [0.4, 0.5) is 26.3 Å². The number of carbonyl (C=O) groups excluding carboxylic acids is 2. The summed E-state index contributed by atoms with van der Waals surface area (Å²) in [4.78, 5) is 22.3. The van der Waals surface area contributed by atoms with Gasteiger partial charge in [0.25, 0.3) is 0 Å².